The summed E-state index contributed by atoms with van der Waals surface area (Å²) < 4.78 is 12.6. The van der Waals surface area contributed by atoms with Gasteiger partial charge in [-0.25, -0.2) is 9.78 Å². The molecule has 7 heteroatoms. The molecular weight excluding hydrogens is 296 g/mol. The minimum absolute atomic E-state index is 0.0121. The number of carboxylic acid groups (broad SMARTS) is 1. The Kier molecular flexibility index (Phi) is 5.05. The van der Waals surface area contributed by atoms with Gasteiger partial charge < -0.3 is 19.1 Å². The van der Waals surface area contributed by atoms with Crippen molar-refractivity contribution in [2.75, 3.05) is 13.7 Å². The molecule has 0 saturated heterocycles. The third-order valence-electron chi connectivity index (χ3n) is 2.84. The number of rotatable bonds is 7. The summed E-state index contributed by atoms with van der Waals surface area (Å²) in [6.45, 7) is 1.09. The fourth-order valence-electron chi connectivity index (χ4n) is 1.87. The number of imidazole rings is 1. The second-order valence-electron chi connectivity index (χ2n) is 4.29. The molecule has 21 heavy (non-hydrogen) atoms. The molecule has 0 radical (unpaired) electrons. The Hall–Kier alpha value is -2.21. The number of hydrogen-bond donors (Lipinski definition) is 1. The largest absolute Gasteiger partial charge is 0.493 e. The van der Waals surface area contributed by atoms with Gasteiger partial charge in [-0.1, -0.05) is 11.6 Å². The molecular formula is C14H15ClN2O4. The Labute approximate surface area is 126 Å². The lowest BCUT2D eigenvalue weighted by Gasteiger charge is -2.14. The second-order valence-corrected chi connectivity index (χ2v) is 4.73. The fourth-order valence-corrected chi connectivity index (χ4v) is 2.08. The van der Waals surface area contributed by atoms with Gasteiger partial charge in [0.2, 0.25) is 0 Å². The SMILES string of the molecule is COc1cc(Cl)cc(C(=O)O)c1OCCCn1ccnc1. The Bertz CT molecular complexity index is 614. The summed E-state index contributed by atoms with van der Waals surface area (Å²) in [5, 5.41) is 9.50. The number of halogens is 1. The first-order valence-electron chi connectivity index (χ1n) is 6.31. The van der Waals surface area contributed by atoms with Crippen LogP contribution in [0.5, 0.6) is 11.5 Å². The monoisotopic (exact) mass is 310 g/mol. The van der Waals surface area contributed by atoms with Crippen LogP contribution in [0.4, 0.5) is 0 Å². The number of ether oxygens (including phenoxy) is 2. The van der Waals surface area contributed by atoms with Crippen molar-refractivity contribution in [2.45, 2.75) is 13.0 Å². The van der Waals surface area contributed by atoms with Gasteiger partial charge in [-0.2, -0.15) is 0 Å². The van der Waals surface area contributed by atoms with Gasteiger partial charge in [0.05, 0.1) is 20.0 Å². The number of aromatic carboxylic acids is 1. The number of benzene rings is 1. The zero-order valence-electron chi connectivity index (χ0n) is 11.5. The van der Waals surface area contributed by atoms with Crippen LogP contribution in [0.15, 0.2) is 30.9 Å². The highest BCUT2D eigenvalue weighted by molar-refractivity contribution is 6.31. The molecule has 1 N–H and O–H groups in total. The summed E-state index contributed by atoms with van der Waals surface area (Å²) in [5.74, 6) is -0.608. The highest BCUT2D eigenvalue weighted by Crippen LogP contribution is 2.34. The maximum absolute atomic E-state index is 11.3. The minimum Gasteiger partial charge on any atom is -0.493 e. The normalized spacial score (nSPS) is 10.4. The summed E-state index contributed by atoms with van der Waals surface area (Å²) >= 11 is 5.86. The van der Waals surface area contributed by atoms with Crippen molar-refractivity contribution >= 4 is 17.6 Å². The number of methoxy groups -OCH3 is 1. The van der Waals surface area contributed by atoms with Crippen LogP contribution in [-0.2, 0) is 6.54 Å². The molecule has 1 heterocycles. The first-order valence-corrected chi connectivity index (χ1v) is 6.69. The molecule has 0 aliphatic heterocycles. The topological polar surface area (TPSA) is 73.6 Å². The van der Waals surface area contributed by atoms with Gasteiger partial charge >= 0.3 is 5.97 Å². The van der Waals surface area contributed by atoms with Crippen molar-refractivity contribution in [1.29, 1.82) is 0 Å². The zero-order chi connectivity index (χ0) is 15.2. The third kappa shape index (κ3) is 3.88. The van der Waals surface area contributed by atoms with Gasteiger partial charge in [0.1, 0.15) is 5.56 Å². The van der Waals surface area contributed by atoms with E-state index in [4.69, 9.17) is 21.1 Å². The van der Waals surface area contributed by atoms with Gasteiger partial charge in [-0.15, -0.1) is 0 Å². The first-order chi connectivity index (χ1) is 10.1. The predicted molar refractivity (Wildman–Crippen MR) is 77.3 cm³/mol. The Morgan fingerprint density at radius 1 is 1.48 bits per heavy atom. The van der Waals surface area contributed by atoms with E-state index in [2.05, 4.69) is 4.98 Å². The molecule has 0 unspecified atom stereocenters. The molecule has 0 spiro atoms. The van der Waals surface area contributed by atoms with Gasteiger partial charge in [0.15, 0.2) is 11.5 Å². The molecule has 0 fully saturated rings. The maximum Gasteiger partial charge on any atom is 0.339 e. The van der Waals surface area contributed by atoms with Gasteiger partial charge in [-0.3, -0.25) is 0 Å². The maximum atomic E-state index is 11.3. The van der Waals surface area contributed by atoms with E-state index in [1.807, 2.05) is 10.8 Å². The molecule has 2 aromatic rings. The molecule has 0 atom stereocenters. The number of carbonyl (C=O) groups is 1. The van der Waals surface area contributed by atoms with Crippen LogP contribution < -0.4 is 9.47 Å². The van der Waals surface area contributed by atoms with E-state index >= 15 is 0 Å². The van der Waals surface area contributed by atoms with Crippen LogP contribution in [0.25, 0.3) is 0 Å². The molecule has 112 valence electrons. The summed E-state index contributed by atoms with van der Waals surface area (Å²) in [5.41, 5.74) is -0.0121. The molecule has 0 aliphatic rings. The lowest BCUT2D eigenvalue weighted by molar-refractivity contribution is 0.0691. The van der Waals surface area contributed by atoms with Gasteiger partial charge in [0.25, 0.3) is 0 Å². The van der Waals surface area contributed by atoms with Crippen molar-refractivity contribution in [3.05, 3.63) is 41.4 Å². The number of hydrogen-bond acceptors (Lipinski definition) is 4. The van der Waals surface area contributed by atoms with Crippen LogP contribution in [-0.4, -0.2) is 34.3 Å². The Balaban J connectivity index is 2.05. The van der Waals surface area contributed by atoms with Gasteiger partial charge in [0, 0.05) is 30.0 Å². The molecule has 0 aliphatic carbocycles. The second kappa shape index (κ2) is 6.99. The molecule has 0 bridgehead atoms. The van der Waals surface area contributed by atoms with E-state index in [0.717, 1.165) is 6.54 Å². The molecule has 2 rings (SSSR count). The van der Waals surface area contributed by atoms with E-state index in [0.29, 0.717) is 18.8 Å². The Morgan fingerprint density at radius 2 is 2.29 bits per heavy atom. The number of aryl methyl sites for hydroxylation is 1. The van der Waals surface area contributed by atoms with Crippen LogP contribution in [0.1, 0.15) is 16.8 Å². The van der Waals surface area contributed by atoms with Crippen molar-refractivity contribution < 1.29 is 19.4 Å². The summed E-state index contributed by atoms with van der Waals surface area (Å²) in [6.07, 6.45) is 5.98. The quantitative estimate of drug-likeness (QED) is 0.796. The number of carboxylic acids is 1. The fraction of sp³-hybridized carbons (Fsp3) is 0.286. The third-order valence-corrected chi connectivity index (χ3v) is 3.05. The van der Waals surface area contributed by atoms with Crippen molar-refractivity contribution in [3.8, 4) is 11.5 Å². The number of nitrogens with zero attached hydrogens (tertiary/aromatic N) is 2. The molecule has 1 aromatic carbocycles. The zero-order valence-corrected chi connectivity index (χ0v) is 12.2. The molecule has 1 aromatic heterocycles. The smallest absolute Gasteiger partial charge is 0.339 e. The van der Waals surface area contributed by atoms with Gasteiger partial charge in [-0.05, 0) is 12.5 Å². The highest BCUT2D eigenvalue weighted by Gasteiger charge is 2.18. The molecule has 6 nitrogen and oxygen atoms in total. The molecule has 0 amide bonds. The van der Waals surface area contributed by atoms with Crippen LogP contribution in [0.2, 0.25) is 5.02 Å². The lowest BCUT2D eigenvalue weighted by Crippen LogP contribution is -2.08. The van der Waals surface area contributed by atoms with Crippen molar-refractivity contribution in [3.63, 3.8) is 0 Å². The first kappa shape index (κ1) is 15.2. The van der Waals surface area contributed by atoms with Crippen LogP contribution >= 0.6 is 11.6 Å². The van der Waals surface area contributed by atoms with Crippen molar-refractivity contribution in [1.82, 2.24) is 9.55 Å². The Morgan fingerprint density at radius 3 is 2.90 bits per heavy atom. The van der Waals surface area contributed by atoms with Crippen LogP contribution in [0.3, 0.4) is 0 Å². The summed E-state index contributed by atoms with van der Waals surface area (Å²) in [7, 11) is 1.44. The standard InChI is InChI=1S/C14H15ClN2O4/c1-20-12-8-10(15)7-11(14(18)19)13(12)21-6-2-4-17-5-3-16-9-17/h3,5,7-9H,2,4,6H2,1H3,(H,18,19). The lowest BCUT2D eigenvalue weighted by atomic mass is 10.2. The van der Waals surface area contributed by atoms with E-state index in [1.54, 1.807) is 12.5 Å². The van der Waals surface area contributed by atoms with E-state index in [9.17, 15) is 9.90 Å². The highest BCUT2D eigenvalue weighted by atomic mass is 35.5. The molecule has 0 saturated carbocycles. The van der Waals surface area contributed by atoms with Crippen molar-refractivity contribution in [2.24, 2.45) is 0 Å². The van der Waals surface area contributed by atoms with E-state index in [1.165, 1.54) is 19.2 Å². The van der Waals surface area contributed by atoms with E-state index < -0.39 is 5.97 Å². The predicted octanol–water partition coefficient (Wildman–Crippen LogP) is 2.71. The minimum atomic E-state index is -1.11. The van der Waals surface area contributed by atoms with E-state index in [-0.39, 0.29) is 16.3 Å². The average molecular weight is 311 g/mol. The summed E-state index contributed by atoms with van der Waals surface area (Å²) in [4.78, 5) is 15.2. The van der Waals surface area contributed by atoms with Crippen LogP contribution in [0, 0.1) is 0 Å². The number of aromatic nitrogens is 2. The average Bonchev–Trinajstić information content (AvgIpc) is 2.97. The summed E-state index contributed by atoms with van der Waals surface area (Å²) in [6, 6.07) is 2.87.